The molecule has 3 heterocycles. The SMILES string of the molecule is C[C@@H](C(=O)N1N=C(c2ccc(Cl)cc2)C[C@H]1c1ccco1)N(C)Cc1ccco1. The minimum Gasteiger partial charge on any atom is -0.468 e. The molecular weight excluding hydrogens is 390 g/mol. The maximum atomic E-state index is 13.3. The van der Waals surface area contributed by atoms with Crippen molar-refractivity contribution in [2.75, 3.05) is 7.05 Å². The first-order valence-corrected chi connectivity index (χ1v) is 9.83. The normalized spacial score (nSPS) is 17.6. The van der Waals surface area contributed by atoms with Crippen molar-refractivity contribution in [2.24, 2.45) is 5.10 Å². The van der Waals surface area contributed by atoms with Crippen molar-refractivity contribution >= 4 is 23.2 Å². The van der Waals surface area contributed by atoms with Gasteiger partial charge >= 0.3 is 0 Å². The predicted octanol–water partition coefficient (Wildman–Crippen LogP) is 4.72. The molecule has 0 unspecified atom stereocenters. The number of hydrogen-bond donors (Lipinski definition) is 0. The fraction of sp³-hybridized carbons (Fsp3) is 0.273. The number of carbonyl (C=O) groups excluding carboxylic acids is 1. The zero-order valence-corrected chi connectivity index (χ0v) is 17.0. The van der Waals surface area contributed by atoms with Crippen LogP contribution < -0.4 is 0 Å². The standard InChI is InChI=1S/C22H22ClN3O3/c1-15(25(2)14-18-5-3-11-28-18)22(27)26-20(21-6-4-12-29-21)13-19(24-26)16-7-9-17(23)10-8-16/h3-12,15,20H,13-14H2,1-2H3/t15-,20-/m0/s1. The molecule has 0 saturated heterocycles. The summed E-state index contributed by atoms with van der Waals surface area (Å²) < 4.78 is 11.0. The van der Waals surface area contributed by atoms with Gasteiger partial charge in [0.15, 0.2) is 0 Å². The third kappa shape index (κ3) is 4.13. The average molecular weight is 412 g/mol. The molecule has 0 N–H and O–H groups in total. The van der Waals surface area contributed by atoms with Gasteiger partial charge in [0.1, 0.15) is 17.6 Å². The highest BCUT2D eigenvalue weighted by Crippen LogP contribution is 2.34. The second kappa shape index (κ2) is 8.27. The van der Waals surface area contributed by atoms with Gasteiger partial charge in [-0.25, -0.2) is 5.01 Å². The quantitative estimate of drug-likeness (QED) is 0.588. The minimum atomic E-state index is -0.383. The second-order valence-electron chi connectivity index (χ2n) is 7.14. The van der Waals surface area contributed by atoms with Gasteiger partial charge in [-0.2, -0.15) is 5.10 Å². The van der Waals surface area contributed by atoms with Crippen LogP contribution >= 0.6 is 11.6 Å². The van der Waals surface area contributed by atoms with E-state index < -0.39 is 0 Å². The van der Waals surface area contributed by atoms with Gasteiger partial charge in [0, 0.05) is 11.4 Å². The molecule has 0 radical (unpaired) electrons. The first-order chi connectivity index (χ1) is 14.0. The number of hydrogen-bond acceptors (Lipinski definition) is 5. The van der Waals surface area contributed by atoms with Crippen LogP contribution in [0, 0.1) is 0 Å². The van der Waals surface area contributed by atoms with Gasteiger partial charge in [-0.3, -0.25) is 9.69 Å². The summed E-state index contributed by atoms with van der Waals surface area (Å²) in [4.78, 5) is 15.3. The topological polar surface area (TPSA) is 62.2 Å². The Morgan fingerprint density at radius 1 is 1.21 bits per heavy atom. The van der Waals surface area contributed by atoms with Gasteiger partial charge in [0.05, 0.1) is 30.8 Å². The van der Waals surface area contributed by atoms with E-state index in [0.29, 0.717) is 23.7 Å². The molecular formula is C22H22ClN3O3. The lowest BCUT2D eigenvalue weighted by Crippen LogP contribution is -2.43. The number of nitrogens with zero attached hydrogens (tertiary/aromatic N) is 3. The van der Waals surface area contributed by atoms with Gasteiger partial charge in [-0.05, 0) is 55.9 Å². The molecule has 7 heteroatoms. The molecule has 0 saturated carbocycles. The van der Waals surface area contributed by atoms with Crippen LogP contribution in [-0.4, -0.2) is 34.6 Å². The van der Waals surface area contributed by atoms with Crippen LogP contribution in [0.2, 0.25) is 5.02 Å². The molecule has 150 valence electrons. The Labute approximate surface area is 174 Å². The van der Waals surface area contributed by atoms with E-state index in [4.69, 9.17) is 20.4 Å². The highest BCUT2D eigenvalue weighted by atomic mass is 35.5. The number of hydrazone groups is 1. The number of amides is 1. The molecule has 1 amide bonds. The summed E-state index contributed by atoms with van der Waals surface area (Å²) in [6.45, 7) is 2.41. The van der Waals surface area contributed by atoms with E-state index in [1.165, 1.54) is 0 Å². The molecule has 1 aliphatic heterocycles. The summed E-state index contributed by atoms with van der Waals surface area (Å²) in [6, 6.07) is 14.3. The number of furan rings is 2. The number of halogens is 1. The number of likely N-dealkylation sites (N-methyl/N-ethyl adjacent to an activating group) is 1. The third-order valence-electron chi connectivity index (χ3n) is 5.19. The Morgan fingerprint density at radius 2 is 1.93 bits per heavy atom. The molecule has 6 nitrogen and oxygen atoms in total. The zero-order valence-electron chi connectivity index (χ0n) is 16.3. The summed E-state index contributed by atoms with van der Waals surface area (Å²) in [5, 5.41) is 6.88. The molecule has 0 bridgehead atoms. The van der Waals surface area contributed by atoms with E-state index in [1.807, 2.05) is 67.4 Å². The maximum Gasteiger partial charge on any atom is 0.260 e. The lowest BCUT2D eigenvalue weighted by Gasteiger charge is -2.28. The van der Waals surface area contributed by atoms with Gasteiger partial charge < -0.3 is 8.83 Å². The van der Waals surface area contributed by atoms with Crippen LogP contribution in [-0.2, 0) is 11.3 Å². The molecule has 29 heavy (non-hydrogen) atoms. The number of benzene rings is 1. The monoisotopic (exact) mass is 411 g/mol. The largest absolute Gasteiger partial charge is 0.468 e. The molecule has 2 aromatic heterocycles. The van der Waals surface area contributed by atoms with Crippen LogP contribution in [0.3, 0.4) is 0 Å². The van der Waals surface area contributed by atoms with Crippen molar-refractivity contribution in [3.05, 3.63) is 83.2 Å². The van der Waals surface area contributed by atoms with E-state index in [1.54, 1.807) is 17.5 Å². The molecule has 4 rings (SSSR count). The Hall–Kier alpha value is -2.83. The Morgan fingerprint density at radius 3 is 2.59 bits per heavy atom. The smallest absolute Gasteiger partial charge is 0.260 e. The highest BCUT2D eigenvalue weighted by Gasteiger charge is 2.37. The highest BCUT2D eigenvalue weighted by molar-refractivity contribution is 6.30. The minimum absolute atomic E-state index is 0.0931. The van der Waals surface area contributed by atoms with Crippen LogP contribution in [0.1, 0.15) is 36.5 Å². The summed E-state index contributed by atoms with van der Waals surface area (Å²) in [5.74, 6) is 1.43. The van der Waals surface area contributed by atoms with Gasteiger partial charge in [0.25, 0.3) is 5.91 Å². The molecule has 2 atom stereocenters. The second-order valence-corrected chi connectivity index (χ2v) is 7.58. The number of rotatable bonds is 6. The molecule has 0 spiro atoms. The van der Waals surface area contributed by atoms with Crippen molar-refractivity contribution in [3.63, 3.8) is 0 Å². The third-order valence-corrected chi connectivity index (χ3v) is 5.44. The molecule has 0 fully saturated rings. The predicted molar refractivity (Wildman–Crippen MR) is 111 cm³/mol. The average Bonchev–Trinajstić information content (AvgIpc) is 3.48. The van der Waals surface area contributed by atoms with Crippen molar-refractivity contribution in [3.8, 4) is 0 Å². The van der Waals surface area contributed by atoms with Crippen molar-refractivity contribution in [1.29, 1.82) is 0 Å². The summed E-state index contributed by atoms with van der Waals surface area (Å²) in [7, 11) is 1.90. The van der Waals surface area contributed by atoms with Gasteiger partial charge in [-0.1, -0.05) is 23.7 Å². The van der Waals surface area contributed by atoms with Crippen LogP contribution in [0.4, 0.5) is 0 Å². The van der Waals surface area contributed by atoms with Crippen LogP contribution in [0.25, 0.3) is 0 Å². The molecule has 1 aliphatic rings. The summed E-state index contributed by atoms with van der Waals surface area (Å²) in [5.41, 5.74) is 1.77. The van der Waals surface area contributed by atoms with Gasteiger partial charge in [0.2, 0.25) is 0 Å². The first-order valence-electron chi connectivity index (χ1n) is 9.45. The van der Waals surface area contributed by atoms with Crippen molar-refractivity contribution < 1.29 is 13.6 Å². The number of carbonyl (C=O) groups is 1. The van der Waals surface area contributed by atoms with E-state index in [2.05, 4.69) is 5.10 Å². The summed E-state index contributed by atoms with van der Waals surface area (Å²) >= 11 is 6.01. The van der Waals surface area contributed by atoms with E-state index in [9.17, 15) is 4.79 Å². The van der Waals surface area contributed by atoms with Crippen LogP contribution in [0.5, 0.6) is 0 Å². The fourth-order valence-corrected chi connectivity index (χ4v) is 3.52. The molecule has 0 aliphatic carbocycles. The Balaban J connectivity index is 1.58. The maximum absolute atomic E-state index is 13.3. The fourth-order valence-electron chi connectivity index (χ4n) is 3.40. The lowest BCUT2D eigenvalue weighted by molar-refractivity contribution is -0.138. The van der Waals surface area contributed by atoms with E-state index in [-0.39, 0.29) is 18.0 Å². The lowest BCUT2D eigenvalue weighted by atomic mass is 10.0. The van der Waals surface area contributed by atoms with Crippen molar-refractivity contribution in [2.45, 2.75) is 32.0 Å². The first kappa shape index (κ1) is 19.5. The van der Waals surface area contributed by atoms with Crippen LogP contribution in [0.15, 0.2) is 75.0 Å². The van der Waals surface area contributed by atoms with E-state index in [0.717, 1.165) is 17.0 Å². The zero-order chi connectivity index (χ0) is 20.4. The van der Waals surface area contributed by atoms with E-state index >= 15 is 0 Å². The molecule has 1 aromatic carbocycles. The van der Waals surface area contributed by atoms with Crippen molar-refractivity contribution in [1.82, 2.24) is 9.91 Å². The Kier molecular flexibility index (Phi) is 5.56. The van der Waals surface area contributed by atoms with Gasteiger partial charge in [-0.15, -0.1) is 0 Å². The molecule has 3 aromatic rings. The Bertz CT molecular complexity index is 981. The summed E-state index contributed by atoms with van der Waals surface area (Å²) in [6.07, 6.45) is 3.83.